The van der Waals surface area contributed by atoms with Gasteiger partial charge >= 0.3 is 6.09 Å². The molecule has 0 radical (unpaired) electrons. The number of hydrogen-bond donors (Lipinski definition) is 2. The fraction of sp³-hybridized carbons (Fsp3) is 0.156. The number of carbonyl (C=O) groups is 2. The number of fused-ring (bicyclic) bond motifs is 1. The summed E-state index contributed by atoms with van der Waals surface area (Å²) in [6.07, 6.45) is 3.21. The summed E-state index contributed by atoms with van der Waals surface area (Å²) in [5, 5.41) is 11.8. The van der Waals surface area contributed by atoms with E-state index in [2.05, 4.69) is 15.3 Å². The summed E-state index contributed by atoms with van der Waals surface area (Å²) in [6.45, 7) is 0.300. The maximum atomic E-state index is 15.3. The van der Waals surface area contributed by atoms with Gasteiger partial charge in [0, 0.05) is 61.1 Å². The Bertz CT molecular complexity index is 2050. The van der Waals surface area contributed by atoms with E-state index < -0.39 is 29.1 Å². The highest BCUT2D eigenvalue weighted by molar-refractivity contribution is 6.04. The van der Waals surface area contributed by atoms with Crippen LogP contribution in [-0.2, 0) is 0 Å². The van der Waals surface area contributed by atoms with Crippen LogP contribution in [0.1, 0.15) is 16.4 Å². The fourth-order valence-corrected chi connectivity index (χ4v) is 4.97. The lowest BCUT2D eigenvalue weighted by atomic mass is 10.0. The van der Waals surface area contributed by atoms with Crippen molar-refractivity contribution in [3.63, 3.8) is 0 Å². The van der Waals surface area contributed by atoms with Crippen LogP contribution in [-0.4, -0.2) is 63.9 Å². The second-order valence-corrected chi connectivity index (χ2v) is 10.3. The molecule has 46 heavy (non-hydrogen) atoms. The van der Waals surface area contributed by atoms with Gasteiger partial charge in [0.2, 0.25) is 5.43 Å². The van der Waals surface area contributed by atoms with Gasteiger partial charge in [0.05, 0.1) is 25.8 Å². The van der Waals surface area contributed by atoms with E-state index >= 15 is 4.39 Å². The third-order valence-corrected chi connectivity index (χ3v) is 7.43. The highest BCUT2D eigenvalue weighted by Gasteiger charge is 2.32. The normalized spacial score (nSPS) is 12.8. The minimum absolute atomic E-state index is 0.0396. The summed E-state index contributed by atoms with van der Waals surface area (Å²) in [5.74, 6) is -1.58. The van der Waals surface area contributed by atoms with Crippen LogP contribution in [0.25, 0.3) is 22.2 Å². The number of methoxy groups -OCH3 is 2. The molecule has 12 nitrogen and oxygen atoms in total. The van der Waals surface area contributed by atoms with Crippen LogP contribution in [0.3, 0.4) is 0 Å². The summed E-state index contributed by atoms with van der Waals surface area (Å²) >= 11 is 0. The van der Waals surface area contributed by atoms with Crippen LogP contribution in [0.5, 0.6) is 23.1 Å². The van der Waals surface area contributed by atoms with Gasteiger partial charge < -0.3 is 34.1 Å². The Balaban J connectivity index is 1.28. The van der Waals surface area contributed by atoms with Crippen molar-refractivity contribution in [2.45, 2.75) is 6.04 Å². The number of amides is 2. The number of hydrogen-bond acceptors (Lipinski definition) is 8. The zero-order valence-electron chi connectivity index (χ0n) is 24.4. The Morgan fingerprint density at radius 1 is 0.957 bits per heavy atom. The van der Waals surface area contributed by atoms with Crippen molar-refractivity contribution in [3.05, 3.63) is 101 Å². The van der Waals surface area contributed by atoms with Crippen molar-refractivity contribution in [3.8, 4) is 34.3 Å². The summed E-state index contributed by atoms with van der Waals surface area (Å²) < 4.78 is 46.8. The van der Waals surface area contributed by atoms with E-state index in [1.165, 1.54) is 80.2 Å². The number of aromatic nitrogens is 3. The third-order valence-electron chi connectivity index (χ3n) is 7.43. The lowest BCUT2D eigenvalue weighted by molar-refractivity contribution is 0.0850. The van der Waals surface area contributed by atoms with Crippen molar-refractivity contribution >= 4 is 28.7 Å². The van der Waals surface area contributed by atoms with E-state index in [9.17, 15) is 23.9 Å². The maximum absolute atomic E-state index is 15.3. The molecule has 0 aliphatic carbocycles. The summed E-state index contributed by atoms with van der Waals surface area (Å²) in [6, 6.07) is 11.7. The smallest absolute Gasteiger partial charge is 0.407 e. The lowest BCUT2D eigenvalue weighted by Crippen LogP contribution is -2.50. The standard InChI is InChI=1S/C32H25F2N5O7/c1-44-27-12-24-28(37-31(27)45-2)26(9-10-35-24)46-25-8-7-19(11-23(25)34)36-30(41)22-16-38(20-13-39(14-20)32(42)43)15-21(29(22)40)17-3-5-18(33)6-4-17/h3-12,15-16,20H,13-14H2,1-2H3,(H,36,41)(H,42,43). The Morgan fingerprint density at radius 2 is 1.72 bits per heavy atom. The molecule has 234 valence electrons. The van der Waals surface area contributed by atoms with Crippen molar-refractivity contribution in [2.24, 2.45) is 0 Å². The zero-order chi connectivity index (χ0) is 32.5. The predicted molar refractivity (Wildman–Crippen MR) is 162 cm³/mol. The molecule has 1 fully saturated rings. The largest absolute Gasteiger partial charge is 0.491 e. The highest BCUT2D eigenvalue weighted by Crippen LogP contribution is 2.35. The zero-order valence-corrected chi connectivity index (χ0v) is 24.4. The number of likely N-dealkylation sites (tertiary alicyclic amines) is 1. The molecule has 5 aromatic rings. The Labute approximate surface area is 259 Å². The van der Waals surface area contributed by atoms with Gasteiger partial charge in [0.1, 0.15) is 16.9 Å². The number of nitrogens with one attached hydrogen (secondary N) is 1. The molecule has 1 saturated heterocycles. The Morgan fingerprint density at radius 3 is 2.39 bits per heavy atom. The molecule has 3 aromatic heterocycles. The van der Waals surface area contributed by atoms with Gasteiger partial charge in [0.15, 0.2) is 23.1 Å². The van der Waals surface area contributed by atoms with E-state index in [1.54, 1.807) is 10.6 Å². The number of ether oxygens (including phenoxy) is 3. The summed E-state index contributed by atoms with van der Waals surface area (Å²) in [5.41, 5.74) is 0.333. The van der Waals surface area contributed by atoms with Crippen molar-refractivity contribution < 1.29 is 37.7 Å². The quantitative estimate of drug-likeness (QED) is 0.233. The van der Waals surface area contributed by atoms with Crippen LogP contribution in [0.2, 0.25) is 0 Å². The monoisotopic (exact) mass is 629 g/mol. The second-order valence-electron chi connectivity index (χ2n) is 10.3. The lowest BCUT2D eigenvalue weighted by Gasteiger charge is -2.38. The number of benzene rings is 2. The van der Waals surface area contributed by atoms with Crippen LogP contribution >= 0.6 is 0 Å². The van der Waals surface area contributed by atoms with Gasteiger partial charge in [-0.3, -0.25) is 14.6 Å². The van der Waals surface area contributed by atoms with Crippen molar-refractivity contribution in [1.29, 1.82) is 0 Å². The number of rotatable bonds is 8. The van der Waals surface area contributed by atoms with Gasteiger partial charge in [-0.25, -0.2) is 18.6 Å². The van der Waals surface area contributed by atoms with Crippen molar-refractivity contribution in [1.82, 2.24) is 19.4 Å². The number of halogens is 2. The molecule has 2 aromatic carbocycles. The minimum atomic E-state index is -1.09. The Hall–Kier alpha value is -6.05. The van der Waals surface area contributed by atoms with Gasteiger partial charge in [-0.05, 0) is 29.8 Å². The fourth-order valence-electron chi connectivity index (χ4n) is 4.97. The minimum Gasteiger partial charge on any atom is -0.491 e. The maximum Gasteiger partial charge on any atom is 0.407 e. The van der Waals surface area contributed by atoms with Gasteiger partial charge in [0.25, 0.3) is 11.8 Å². The van der Waals surface area contributed by atoms with E-state index in [1.807, 2.05) is 0 Å². The molecule has 2 N–H and O–H groups in total. The van der Waals surface area contributed by atoms with Crippen molar-refractivity contribution in [2.75, 3.05) is 32.6 Å². The number of carbonyl (C=O) groups excluding carboxylic acids is 1. The van der Waals surface area contributed by atoms with Gasteiger partial charge in [-0.1, -0.05) is 12.1 Å². The van der Waals surface area contributed by atoms with Crippen LogP contribution in [0.15, 0.2) is 78.0 Å². The molecule has 2 amide bonds. The third kappa shape index (κ3) is 5.75. The first-order chi connectivity index (χ1) is 22.1. The average Bonchev–Trinajstić information content (AvgIpc) is 3.02. The number of nitrogens with zero attached hydrogens (tertiary/aromatic N) is 4. The molecular weight excluding hydrogens is 604 g/mol. The highest BCUT2D eigenvalue weighted by atomic mass is 19.1. The molecule has 14 heteroatoms. The molecule has 0 bridgehead atoms. The van der Waals surface area contributed by atoms with E-state index in [-0.39, 0.29) is 53.3 Å². The number of pyridine rings is 3. The molecule has 0 atom stereocenters. The number of carboxylic acid groups (broad SMARTS) is 1. The molecular formula is C32H25F2N5O7. The molecule has 0 unspecified atom stereocenters. The van der Waals surface area contributed by atoms with E-state index in [0.29, 0.717) is 22.3 Å². The molecule has 1 aliphatic heterocycles. The SMILES string of the molecule is COc1cc2nccc(Oc3ccc(NC(=O)c4cn(C5CN(C(=O)O)C5)cc(-c5ccc(F)cc5)c4=O)cc3F)c2nc1OC. The van der Waals surface area contributed by atoms with Crippen LogP contribution in [0, 0.1) is 11.6 Å². The first kappa shape index (κ1) is 30.0. The second kappa shape index (κ2) is 12.1. The van der Waals surface area contributed by atoms with Gasteiger partial charge in [-0.15, -0.1) is 0 Å². The summed E-state index contributed by atoms with van der Waals surface area (Å²) in [4.78, 5) is 47.9. The average molecular weight is 630 g/mol. The first-order valence-electron chi connectivity index (χ1n) is 13.8. The number of anilines is 1. The molecule has 4 heterocycles. The van der Waals surface area contributed by atoms with Crippen LogP contribution in [0.4, 0.5) is 19.3 Å². The molecule has 6 rings (SSSR count). The Kier molecular flexibility index (Phi) is 7.92. The molecule has 0 saturated carbocycles. The van der Waals surface area contributed by atoms with E-state index in [4.69, 9.17) is 14.2 Å². The van der Waals surface area contributed by atoms with E-state index in [0.717, 1.165) is 6.07 Å². The van der Waals surface area contributed by atoms with Gasteiger partial charge in [-0.2, -0.15) is 0 Å². The first-order valence-corrected chi connectivity index (χ1v) is 13.8. The molecule has 1 aliphatic rings. The predicted octanol–water partition coefficient (Wildman–Crippen LogP) is 5.33. The summed E-state index contributed by atoms with van der Waals surface area (Å²) in [7, 11) is 2.89. The van der Waals surface area contributed by atoms with Crippen LogP contribution < -0.4 is 25.0 Å². The topological polar surface area (TPSA) is 145 Å². The molecule has 0 spiro atoms.